The zero-order valence-electron chi connectivity index (χ0n) is 15.0. The first kappa shape index (κ1) is 22.6. The number of anilines is 2. The fourth-order valence-corrected chi connectivity index (χ4v) is 4.38. The van der Waals surface area contributed by atoms with Crippen LogP contribution in [0.3, 0.4) is 0 Å². The van der Waals surface area contributed by atoms with Gasteiger partial charge in [0.05, 0.1) is 37.0 Å². The number of benzene rings is 2. The lowest BCUT2D eigenvalue weighted by molar-refractivity contribution is 0.597. The molecule has 0 aromatic heterocycles. The lowest BCUT2D eigenvalue weighted by Crippen LogP contribution is -2.30. The molecule has 0 heterocycles. The Morgan fingerprint density at radius 1 is 0.750 bits per heavy atom. The van der Waals surface area contributed by atoms with Crippen molar-refractivity contribution in [3.05, 3.63) is 36.4 Å². The van der Waals surface area contributed by atoms with Gasteiger partial charge in [0, 0.05) is 31.9 Å². The first-order chi connectivity index (χ1) is 13.1. The third-order valence-corrected chi connectivity index (χ3v) is 6.60. The quantitative estimate of drug-likeness (QED) is 0.521. The van der Waals surface area contributed by atoms with Gasteiger partial charge in [0.15, 0.2) is 0 Å². The van der Waals surface area contributed by atoms with E-state index in [9.17, 15) is 16.8 Å². The summed E-state index contributed by atoms with van der Waals surface area (Å²) < 4.78 is 50.7. The minimum atomic E-state index is -3.51. The number of sulfonamides is 2. The summed E-state index contributed by atoms with van der Waals surface area (Å²) in [5, 5.41) is 1.53. The summed E-state index contributed by atoms with van der Waals surface area (Å²) in [4.78, 5) is 5.02. The summed E-state index contributed by atoms with van der Waals surface area (Å²) in [5.74, 6) is 5.37. The highest BCUT2D eigenvalue weighted by Crippen LogP contribution is 2.28. The Balaban J connectivity index is 2.52. The third-order valence-electron chi connectivity index (χ3n) is 3.76. The van der Waals surface area contributed by atoms with Gasteiger partial charge in [-0.2, -0.15) is 0 Å². The summed E-state index contributed by atoms with van der Waals surface area (Å²) >= 11 is 5.93. The van der Waals surface area contributed by atoms with Gasteiger partial charge in [-0.15, -0.1) is 0 Å². The minimum Gasteiger partial charge on any atom is -0.258 e. The molecule has 0 aliphatic heterocycles. The van der Waals surface area contributed by atoms with Gasteiger partial charge in [0.1, 0.15) is 0 Å². The lowest BCUT2D eigenvalue weighted by Gasteiger charge is -2.22. The summed E-state index contributed by atoms with van der Waals surface area (Å²) in [6, 6.07) is 10.2. The normalized spacial score (nSPS) is 11.1. The van der Waals surface area contributed by atoms with Crippen molar-refractivity contribution in [2.24, 2.45) is 0 Å². The molecule has 0 aliphatic carbocycles. The van der Waals surface area contributed by atoms with E-state index in [1.165, 1.54) is 8.61 Å². The molecule has 0 radical (unpaired) electrons. The van der Waals surface area contributed by atoms with Gasteiger partial charge in [-0.3, -0.25) is 8.61 Å². The van der Waals surface area contributed by atoms with Crippen LogP contribution in [0.15, 0.2) is 36.4 Å². The van der Waals surface area contributed by atoms with Crippen LogP contribution in [0.1, 0.15) is 0 Å². The second-order valence-electron chi connectivity index (χ2n) is 5.80. The molecule has 2 aromatic carbocycles. The third kappa shape index (κ3) is 5.65. The number of fused-ring (bicyclic) bond motifs is 1. The van der Waals surface area contributed by atoms with Crippen LogP contribution in [-0.4, -0.2) is 42.4 Å². The molecule has 2 rings (SSSR count). The Morgan fingerprint density at radius 2 is 1.11 bits per heavy atom. The molecule has 6 nitrogen and oxygen atoms in total. The highest BCUT2D eigenvalue weighted by molar-refractivity contribution is 9.12. The van der Waals surface area contributed by atoms with E-state index in [1.54, 1.807) is 36.4 Å². The SMILES string of the molecule is CS(=O)(=O)N(CC#CBr)c1ccc2cc(N(CC#CBr)S(C)(=O)=O)ccc2c1. The predicted octanol–water partition coefficient (Wildman–Crippen LogP) is 3.08. The topological polar surface area (TPSA) is 74.8 Å². The molecule has 0 fully saturated rings. The highest BCUT2D eigenvalue weighted by Gasteiger charge is 2.19. The number of halogens is 2. The van der Waals surface area contributed by atoms with E-state index in [0.29, 0.717) is 11.4 Å². The molecule has 2 aromatic rings. The van der Waals surface area contributed by atoms with Crippen molar-refractivity contribution < 1.29 is 16.8 Å². The maximum Gasteiger partial charge on any atom is 0.233 e. The van der Waals surface area contributed by atoms with Crippen LogP contribution in [0.2, 0.25) is 0 Å². The summed E-state index contributed by atoms with van der Waals surface area (Å²) in [7, 11) is -7.01. The molecular formula is C18H16Br2N2O4S2. The number of rotatable bonds is 6. The standard InChI is InChI=1S/C18H16Br2N2O4S2/c1-27(23,24)21(11-3-9-19)17-7-5-16-14-18(8-6-15(16)13-17)22(12-4-10-20)28(2,25)26/h5-8,13-14H,11-12H2,1-2H3. The first-order valence-corrected chi connectivity index (χ1v) is 13.0. The molecule has 0 atom stereocenters. The van der Waals surface area contributed by atoms with Crippen LogP contribution in [0.25, 0.3) is 10.8 Å². The Morgan fingerprint density at radius 3 is 1.39 bits per heavy atom. The fourth-order valence-electron chi connectivity index (χ4n) is 2.53. The molecule has 148 valence electrons. The van der Waals surface area contributed by atoms with E-state index in [0.717, 1.165) is 23.3 Å². The van der Waals surface area contributed by atoms with Crippen molar-refractivity contribution in [1.82, 2.24) is 0 Å². The summed E-state index contributed by atoms with van der Waals surface area (Å²) in [6.45, 7) is 0.0293. The summed E-state index contributed by atoms with van der Waals surface area (Å²) in [5.41, 5.74) is 0.950. The van der Waals surface area contributed by atoms with E-state index >= 15 is 0 Å². The molecule has 0 N–H and O–H groups in total. The van der Waals surface area contributed by atoms with Crippen LogP contribution in [0.5, 0.6) is 0 Å². The molecule has 0 saturated carbocycles. The van der Waals surface area contributed by atoms with Crippen LogP contribution in [-0.2, 0) is 20.0 Å². The van der Waals surface area contributed by atoms with E-state index in [4.69, 9.17) is 0 Å². The maximum absolute atomic E-state index is 12.1. The molecule has 0 amide bonds. The van der Waals surface area contributed by atoms with Crippen molar-refractivity contribution in [3.8, 4) is 21.5 Å². The molecule has 28 heavy (non-hydrogen) atoms. The number of hydrogen-bond acceptors (Lipinski definition) is 4. The van der Waals surface area contributed by atoms with E-state index in [1.807, 2.05) is 0 Å². The molecule has 0 saturated heterocycles. The zero-order chi connectivity index (χ0) is 20.9. The second kappa shape index (κ2) is 9.19. The van der Waals surface area contributed by atoms with Crippen molar-refractivity contribution in [2.45, 2.75) is 0 Å². The van der Waals surface area contributed by atoms with Gasteiger partial charge in [-0.25, -0.2) is 16.8 Å². The van der Waals surface area contributed by atoms with Gasteiger partial charge >= 0.3 is 0 Å². The molecular weight excluding hydrogens is 532 g/mol. The summed E-state index contributed by atoms with van der Waals surface area (Å²) in [6.07, 6.45) is 2.23. The van der Waals surface area contributed by atoms with Crippen molar-refractivity contribution in [3.63, 3.8) is 0 Å². The predicted molar refractivity (Wildman–Crippen MR) is 122 cm³/mol. The van der Waals surface area contributed by atoms with Crippen molar-refractivity contribution in [2.75, 3.05) is 34.2 Å². The van der Waals surface area contributed by atoms with E-state index in [-0.39, 0.29) is 13.1 Å². The minimum absolute atomic E-state index is 0.0146. The Bertz CT molecular complexity index is 1120. The van der Waals surface area contributed by atoms with Crippen molar-refractivity contribution in [1.29, 1.82) is 0 Å². The number of nitrogens with zero attached hydrogens (tertiary/aromatic N) is 2. The smallest absolute Gasteiger partial charge is 0.233 e. The number of hydrogen-bond donors (Lipinski definition) is 0. The van der Waals surface area contributed by atoms with Crippen LogP contribution >= 0.6 is 31.9 Å². The molecule has 0 bridgehead atoms. The molecule has 10 heteroatoms. The van der Waals surface area contributed by atoms with Gasteiger partial charge in [-0.1, -0.05) is 24.0 Å². The maximum atomic E-state index is 12.1. The van der Waals surface area contributed by atoms with Gasteiger partial charge in [0.2, 0.25) is 20.0 Å². The Labute approximate surface area is 182 Å². The average Bonchev–Trinajstić information content (AvgIpc) is 2.60. The second-order valence-corrected chi connectivity index (χ2v) is 10.4. The highest BCUT2D eigenvalue weighted by atomic mass is 79.9. The average molecular weight is 548 g/mol. The van der Waals surface area contributed by atoms with Gasteiger partial charge < -0.3 is 0 Å². The zero-order valence-corrected chi connectivity index (χ0v) is 19.8. The van der Waals surface area contributed by atoms with Crippen LogP contribution in [0, 0.1) is 21.5 Å². The van der Waals surface area contributed by atoms with E-state index < -0.39 is 20.0 Å². The monoisotopic (exact) mass is 546 g/mol. The van der Waals surface area contributed by atoms with Gasteiger partial charge in [0.25, 0.3) is 0 Å². The Hall–Kier alpha value is -1.72. The first-order valence-electron chi connectivity index (χ1n) is 7.74. The Kier molecular flexibility index (Phi) is 7.40. The largest absolute Gasteiger partial charge is 0.258 e. The van der Waals surface area contributed by atoms with Gasteiger partial charge in [-0.05, 0) is 44.7 Å². The lowest BCUT2D eigenvalue weighted by atomic mass is 10.1. The molecule has 0 spiro atoms. The van der Waals surface area contributed by atoms with Crippen LogP contribution in [0.4, 0.5) is 11.4 Å². The fraction of sp³-hybridized carbons (Fsp3) is 0.222. The van der Waals surface area contributed by atoms with E-state index in [2.05, 4.69) is 53.4 Å². The molecule has 0 unspecified atom stereocenters. The molecule has 0 aliphatic rings. The van der Waals surface area contributed by atoms with Crippen molar-refractivity contribution >= 4 is 74.1 Å². The van der Waals surface area contributed by atoms with Crippen LogP contribution < -0.4 is 8.61 Å².